The minimum Gasteiger partial charge on any atom is -0.393 e. The summed E-state index contributed by atoms with van der Waals surface area (Å²) >= 11 is 0. The van der Waals surface area contributed by atoms with Crippen LogP contribution in [0.5, 0.6) is 0 Å². The number of aliphatic hydroxyl groups is 3. The van der Waals surface area contributed by atoms with Crippen molar-refractivity contribution in [3.8, 4) is 0 Å². The quantitative estimate of drug-likeness (QED) is 0.633. The Hall–Kier alpha value is -1.37. The zero-order valence-electron chi connectivity index (χ0n) is 15.7. The summed E-state index contributed by atoms with van der Waals surface area (Å²) < 4.78 is 0. The van der Waals surface area contributed by atoms with Gasteiger partial charge in [-0.15, -0.1) is 0 Å². The molecule has 6 nitrogen and oxygen atoms in total. The number of aliphatic hydroxyl groups excluding tert-OH is 2. The number of hydrogen-bond acceptors (Lipinski definition) is 6. The summed E-state index contributed by atoms with van der Waals surface area (Å²) in [5.41, 5.74) is -2.43. The molecule has 4 rings (SSSR count). The molecule has 0 radical (unpaired) electrons. The predicted molar refractivity (Wildman–Crippen MR) is 95.5 cm³/mol. The van der Waals surface area contributed by atoms with Crippen LogP contribution in [0.15, 0.2) is 11.6 Å². The van der Waals surface area contributed by atoms with Crippen molar-refractivity contribution in [2.75, 3.05) is 6.61 Å². The topological polar surface area (TPSA) is 112 Å². The van der Waals surface area contributed by atoms with Crippen LogP contribution in [0.1, 0.15) is 51.9 Å². The lowest BCUT2D eigenvalue weighted by atomic mass is 9.45. The van der Waals surface area contributed by atoms with Gasteiger partial charge in [-0.2, -0.15) is 0 Å². The van der Waals surface area contributed by atoms with E-state index in [1.807, 2.05) is 0 Å². The van der Waals surface area contributed by atoms with E-state index in [0.717, 1.165) is 18.4 Å². The van der Waals surface area contributed by atoms with Crippen LogP contribution in [-0.4, -0.2) is 51.5 Å². The number of Topliss-reactive ketones (excluding diaryl/α,β-unsaturated/α-hetero) is 1. The number of ketones is 2. The van der Waals surface area contributed by atoms with Crippen molar-refractivity contribution in [2.24, 2.45) is 28.6 Å². The number of aldehydes is 1. The maximum atomic E-state index is 12.4. The van der Waals surface area contributed by atoms with E-state index in [1.54, 1.807) is 6.08 Å². The number of allylic oxidation sites excluding steroid dienone is 1. The molecule has 4 aliphatic carbocycles. The Balaban J connectivity index is 1.77. The first-order valence-electron chi connectivity index (χ1n) is 9.98. The first-order chi connectivity index (χ1) is 12.7. The molecule has 0 aromatic heterocycles. The Labute approximate surface area is 158 Å². The van der Waals surface area contributed by atoms with Gasteiger partial charge in [-0.1, -0.05) is 12.5 Å². The average Bonchev–Trinajstić information content (AvgIpc) is 2.95. The molecule has 3 saturated carbocycles. The molecule has 3 N–H and O–H groups in total. The molecule has 0 saturated heterocycles. The minimum atomic E-state index is -1.90. The molecule has 4 aliphatic rings. The fourth-order valence-electron chi connectivity index (χ4n) is 7.16. The summed E-state index contributed by atoms with van der Waals surface area (Å²) in [5.74, 6) is -0.865. The summed E-state index contributed by atoms with van der Waals surface area (Å²) in [7, 11) is 0. The predicted octanol–water partition coefficient (Wildman–Crippen LogP) is 0.961. The van der Waals surface area contributed by atoms with Crippen molar-refractivity contribution in [3.05, 3.63) is 11.6 Å². The number of carbonyl (C=O) groups excluding carboxylic acids is 3. The smallest absolute Gasteiger partial charge is 0.190 e. The number of carbonyl (C=O) groups is 3. The molecule has 148 valence electrons. The van der Waals surface area contributed by atoms with Crippen LogP contribution in [0.3, 0.4) is 0 Å². The Morgan fingerprint density at radius 2 is 2.04 bits per heavy atom. The number of rotatable bonds is 3. The van der Waals surface area contributed by atoms with Gasteiger partial charge in [-0.05, 0) is 67.8 Å². The van der Waals surface area contributed by atoms with Gasteiger partial charge < -0.3 is 20.1 Å². The third-order valence-electron chi connectivity index (χ3n) is 8.45. The van der Waals surface area contributed by atoms with Crippen molar-refractivity contribution in [2.45, 2.75) is 63.6 Å². The largest absolute Gasteiger partial charge is 0.393 e. The van der Waals surface area contributed by atoms with Crippen molar-refractivity contribution in [1.82, 2.24) is 0 Å². The lowest BCUT2D eigenvalue weighted by Gasteiger charge is -2.59. The highest BCUT2D eigenvalue weighted by Crippen LogP contribution is 2.67. The first-order valence-corrected chi connectivity index (χ1v) is 9.98. The highest BCUT2D eigenvalue weighted by atomic mass is 16.3. The molecule has 0 aliphatic heterocycles. The summed E-state index contributed by atoms with van der Waals surface area (Å²) in [6, 6.07) is 0. The van der Waals surface area contributed by atoms with Gasteiger partial charge in [0.05, 0.1) is 11.5 Å². The van der Waals surface area contributed by atoms with Crippen LogP contribution >= 0.6 is 0 Å². The van der Waals surface area contributed by atoms with Gasteiger partial charge in [-0.25, -0.2) is 0 Å². The second-order valence-electron chi connectivity index (χ2n) is 9.30. The van der Waals surface area contributed by atoms with Gasteiger partial charge in [0, 0.05) is 6.42 Å². The molecule has 0 unspecified atom stereocenters. The van der Waals surface area contributed by atoms with Gasteiger partial charge in [0.1, 0.15) is 18.5 Å². The van der Waals surface area contributed by atoms with Crippen molar-refractivity contribution >= 4 is 17.9 Å². The summed E-state index contributed by atoms with van der Waals surface area (Å²) in [5, 5.41) is 31.6. The monoisotopic (exact) mass is 376 g/mol. The third kappa shape index (κ3) is 2.26. The van der Waals surface area contributed by atoms with E-state index in [-0.39, 0.29) is 41.8 Å². The molecule has 0 aromatic carbocycles. The molecule has 27 heavy (non-hydrogen) atoms. The van der Waals surface area contributed by atoms with E-state index in [4.69, 9.17) is 0 Å². The normalized spacial score (nSPS) is 48.9. The van der Waals surface area contributed by atoms with E-state index >= 15 is 0 Å². The van der Waals surface area contributed by atoms with E-state index < -0.39 is 29.5 Å². The third-order valence-corrected chi connectivity index (χ3v) is 8.45. The lowest BCUT2D eigenvalue weighted by Crippen LogP contribution is -2.63. The van der Waals surface area contributed by atoms with E-state index in [9.17, 15) is 29.7 Å². The molecule has 0 spiro atoms. The molecule has 0 aromatic rings. The van der Waals surface area contributed by atoms with Gasteiger partial charge in [0.15, 0.2) is 11.6 Å². The van der Waals surface area contributed by atoms with Gasteiger partial charge in [-0.3, -0.25) is 9.59 Å². The first kappa shape index (κ1) is 19.0. The van der Waals surface area contributed by atoms with Crippen molar-refractivity contribution < 1.29 is 29.7 Å². The Bertz CT molecular complexity index is 728. The van der Waals surface area contributed by atoms with Crippen LogP contribution in [0.2, 0.25) is 0 Å². The second kappa shape index (κ2) is 6.06. The highest BCUT2D eigenvalue weighted by Gasteiger charge is 2.70. The van der Waals surface area contributed by atoms with Gasteiger partial charge in [0.2, 0.25) is 0 Å². The zero-order chi connectivity index (χ0) is 19.6. The molecular weight excluding hydrogens is 348 g/mol. The number of hydrogen-bond donors (Lipinski definition) is 3. The maximum absolute atomic E-state index is 12.4. The summed E-state index contributed by atoms with van der Waals surface area (Å²) in [6.45, 7) is 1.30. The minimum absolute atomic E-state index is 0.00909. The Morgan fingerprint density at radius 3 is 2.70 bits per heavy atom. The fraction of sp³-hybridized carbons (Fsp3) is 0.762. The molecular formula is C21H28O6. The molecule has 3 fully saturated rings. The standard InChI is InChI=1S/C21H28O6/c1-19-6-4-13(24)8-12(19)2-3-14-15-5-7-21(27,17(26)10-22)20(15,11-23)9-16(25)18(14)19/h8,11,14-16,18,22,25,27H,2-7,9-10H2,1H3/t14-,15+,16+,18-,19+,20-,21+/m1/s1. The highest BCUT2D eigenvalue weighted by molar-refractivity contribution is 5.93. The van der Waals surface area contributed by atoms with Gasteiger partial charge >= 0.3 is 0 Å². The average molecular weight is 376 g/mol. The Morgan fingerprint density at radius 1 is 1.30 bits per heavy atom. The Kier molecular flexibility index (Phi) is 4.26. The van der Waals surface area contributed by atoms with Crippen LogP contribution in [0, 0.1) is 28.6 Å². The molecule has 0 heterocycles. The molecule has 7 atom stereocenters. The van der Waals surface area contributed by atoms with Crippen LogP contribution in [-0.2, 0) is 14.4 Å². The lowest BCUT2D eigenvalue weighted by molar-refractivity contribution is -0.185. The van der Waals surface area contributed by atoms with Crippen LogP contribution < -0.4 is 0 Å². The molecule has 0 bridgehead atoms. The number of fused-ring (bicyclic) bond motifs is 5. The van der Waals surface area contributed by atoms with E-state index in [0.29, 0.717) is 25.5 Å². The molecule has 6 heteroatoms. The maximum Gasteiger partial charge on any atom is 0.190 e. The van der Waals surface area contributed by atoms with Crippen LogP contribution in [0.25, 0.3) is 0 Å². The van der Waals surface area contributed by atoms with E-state index in [2.05, 4.69) is 6.92 Å². The van der Waals surface area contributed by atoms with Gasteiger partial charge in [0.25, 0.3) is 0 Å². The van der Waals surface area contributed by atoms with Crippen molar-refractivity contribution in [1.29, 1.82) is 0 Å². The fourth-order valence-corrected chi connectivity index (χ4v) is 7.16. The summed E-state index contributed by atoms with van der Waals surface area (Å²) in [6.07, 6.45) is 4.92. The SMILES string of the molecule is C[C@]12CCC(=O)C=C1CC[C@H]1[C@@H]2[C@@H](O)C[C@@]2(C=O)[C@H]1CC[C@]2(O)C(=O)CO. The summed E-state index contributed by atoms with van der Waals surface area (Å²) in [4.78, 5) is 36.5. The molecule has 0 amide bonds. The van der Waals surface area contributed by atoms with Crippen LogP contribution in [0.4, 0.5) is 0 Å². The zero-order valence-corrected chi connectivity index (χ0v) is 15.7. The second-order valence-corrected chi connectivity index (χ2v) is 9.30. The van der Waals surface area contributed by atoms with E-state index in [1.165, 1.54) is 0 Å². The van der Waals surface area contributed by atoms with Crippen molar-refractivity contribution in [3.63, 3.8) is 0 Å².